The highest BCUT2D eigenvalue weighted by Crippen LogP contribution is 2.38. The Morgan fingerprint density at radius 2 is 2.05 bits per heavy atom. The van der Waals surface area contributed by atoms with Gasteiger partial charge in [-0.25, -0.2) is 0 Å². The number of carbonyl (C=O) groups is 1. The second kappa shape index (κ2) is 5.33. The van der Waals surface area contributed by atoms with E-state index in [9.17, 15) is 13.2 Å². The Morgan fingerprint density at radius 3 is 2.55 bits per heavy atom. The summed E-state index contributed by atoms with van der Waals surface area (Å²) in [5, 5.41) is 4.52. The van der Waals surface area contributed by atoms with Crippen LogP contribution in [0.3, 0.4) is 0 Å². The minimum atomic E-state index is -4.60. The van der Waals surface area contributed by atoms with E-state index in [1.165, 1.54) is 12.1 Å². The Balaban J connectivity index is 2.61. The van der Waals surface area contributed by atoms with Crippen LogP contribution in [0.5, 0.6) is 0 Å². The van der Waals surface area contributed by atoms with Gasteiger partial charge in [-0.3, -0.25) is 9.35 Å². The van der Waals surface area contributed by atoms with Gasteiger partial charge in [0.15, 0.2) is 0 Å². The van der Waals surface area contributed by atoms with Crippen molar-refractivity contribution in [3.63, 3.8) is 0 Å². The standard InChI is InChI=1S/C11H10Cl2N2O4S/c1-2-6-5-9(16)15(14-6)8-4-3-7(12)11(10(8)13)20(17,18)19/h3-4H,2,5H2,1H3,(H,17,18,19). The lowest BCUT2D eigenvalue weighted by atomic mass is 10.2. The van der Waals surface area contributed by atoms with Crippen molar-refractivity contribution in [1.82, 2.24) is 0 Å². The molecule has 1 aromatic rings. The van der Waals surface area contributed by atoms with Gasteiger partial charge in [0.25, 0.3) is 16.0 Å². The lowest BCUT2D eigenvalue weighted by Crippen LogP contribution is -2.20. The molecule has 1 heterocycles. The van der Waals surface area contributed by atoms with Gasteiger partial charge in [-0.1, -0.05) is 30.1 Å². The van der Waals surface area contributed by atoms with Gasteiger partial charge in [0.05, 0.1) is 22.2 Å². The molecule has 6 nitrogen and oxygen atoms in total. The van der Waals surface area contributed by atoms with Crippen LogP contribution in [0.25, 0.3) is 0 Å². The molecular weight excluding hydrogens is 327 g/mol. The first kappa shape index (κ1) is 15.2. The maximum atomic E-state index is 11.8. The van der Waals surface area contributed by atoms with E-state index in [-0.39, 0.29) is 28.1 Å². The molecule has 1 N–H and O–H groups in total. The van der Waals surface area contributed by atoms with Crippen LogP contribution in [0, 0.1) is 0 Å². The molecule has 9 heteroatoms. The van der Waals surface area contributed by atoms with Crippen LogP contribution >= 0.6 is 23.2 Å². The minimum Gasteiger partial charge on any atom is -0.282 e. The number of carbonyl (C=O) groups excluding carboxylic acids is 1. The van der Waals surface area contributed by atoms with E-state index < -0.39 is 15.0 Å². The smallest absolute Gasteiger partial charge is 0.282 e. The lowest BCUT2D eigenvalue weighted by molar-refractivity contribution is -0.116. The molecule has 0 spiro atoms. The van der Waals surface area contributed by atoms with Gasteiger partial charge in [0.2, 0.25) is 0 Å². The number of hydrogen-bond acceptors (Lipinski definition) is 4. The number of nitrogens with zero attached hydrogens (tertiary/aromatic N) is 2. The maximum Gasteiger partial charge on any atom is 0.297 e. The Bertz CT molecular complexity index is 715. The average Bonchev–Trinajstić information content (AvgIpc) is 2.69. The molecule has 1 aliphatic rings. The summed E-state index contributed by atoms with van der Waals surface area (Å²) >= 11 is 11.7. The van der Waals surface area contributed by atoms with Gasteiger partial charge in [0, 0.05) is 5.71 Å². The third kappa shape index (κ3) is 2.67. The van der Waals surface area contributed by atoms with Crippen LogP contribution in [0.4, 0.5) is 5.69 Å². The fourth-order valence-electron chi connectivity index (χ4n) is 1.79. The van der Waals surface area contributed by atoms with Crippen LogP contribution in [0.2, 0.25) is 10.0 Å². The lowest BCUT2D eigenvalue weighted by Gasteiger charge is -2.15. The van der Waals surface area contributed by atoms with E-state index in [1.54, 1.807) is 0 Å². The normalized spacial score (nSPS) is 15.7. The molecule has 1 amide bonds. The zero-order chi connectivity index (χ0) is 15.1. The molecule has 108 valence electrons. The average molecular weight is 337 g/mol. The van der Waals surface area contributed by atoms with Crippen molar-refractivity contribution in [1.29, 1.82) is 0 Å². The third-order valence-electron chi connectivity index (χ3n) is 2.76. The zero-order valence-corrected chi connectivity index (χ0v) is 12.6. The minimum absolute atomic E-state index is 0.0668. The van der Waals surface area contributed by atoms with Crippen LogP contribution in [0.1, 0.15) is 19.8 Å². The van der Waals surface area contributed by atoms with Gasteiger partial charge in [-0.05, 0) is 18.6 Å². The molecule has 0 atom stereocenters. The predicted molar refractivity (Wildman–Crippen MR) is 76.1 cm³/mol. The highest BCUT2D eigenvalue weighted by atomic mass is 35.5. The van der Waals surface area contributed by atoms with E-state index in [0.29, 0.717) is 12.1 Å². The first-order chi connectivity index (χ1) is 9.25. The number of hydrogen-bond donors (Lipinski definition) is 1. The number of anilines is 1. The Morgan fingerprint density at radius 1 is 1.40 bits per heavy atom. The summed E-state index contributed by atoms with van der Waals surface area (Å²) in [6, 6.07) is 2.61. The van der Waals surface area contributed by atoms with Crippen LogP contribution in [0.15, 0.2) is 22.1 Å². The van der Waals surface area contributed by atoms with Gasteiger partial charge in [-0.15, -0.1) is 0 Å². The molecule has 0 radical (unpaired) electrons. The monoisotopic (exact) mass is 336 g/mol. The number of rotatable bonds is 3. The summed E-state index contributed by atoms with van der Waals surface area (Å²) in [6.07, 6.45) is 0.745. The van der Waals surface area contributed by atoms with E-state index in [0.717, 1.165) is 5.01 Å². The molecule has 0 saturated heterocycles. The summed E-state index contributed by atoms with van der Waals surface area (Å²) in [6.45, 7) is 1.85. The van der Waals surface area contributed by atoms with Crippen molar-refractivity contribution in [3.05, 3.63) is 22.2 Å². The van der Waals surface area contributed by atoms with Crippen molar-refractivity contribution in [3.8, 4) is 0 Å². The summed E-state index contributed by atoms with van der Waals surface area (Å²) in [5.41, 5.74) is 0.728. The Hall–Kier alpha value is -1.15. The number of halogens is 2. The van der Waals surface area contributed by atoms with Crippen molar-refractivity contribution in [2.24, 2.45) is 5.10 Å². The van der Waals surface area contributed by atoms with Gasteiger partial charge >= 0.3 is 0 Å². The van der Waals surface area contributed by atoms with E-state index in [2.05, 4.69) is 5.10 Å². The van der Waals surface area contributed by atoms with Gasteiger partial charge in [-0.2, -0.15) is 18.5 Å². The van der Waals surface area contributed by atoms with E-state index in [1.807, 2.05) is 6.92 Å². The second-order valence-electron chi connectivity index (χ2n) is 4.09. The summed E-state index contributed by atoms with van der Waals surface area (Å²) in [4.78, 5) is 11.2. The van der Waals surface area contributed by atoms with Crippen LogP contribution in [-0.4, -0.2) is 24.6 Å². The highest BCUT2D eigenvalue weighted by Gasteiger charge is 2.30. The summed E-state index contributed by atoms with van der Waals surface area (Å²) in [7, 11) is -4.60. The molecule has 0 fully saturated rings. The fourth-order valence-corrected chi connectivity index (χ4v) is 3.47. The Labute approximate surface area is 125 Å². The number of benzene rings is 1. The van der Waals surface area contributed by atoms with Crippen molar-refractivity contribution in [2.75, 3.05) is 5.01 Å². The molecule has 0 bridgehead atoms. The van der Waals surface area contributed by atoms with Gasteiger partial charge in [0.1, 0.15) is 4.90 Å². The molecule has 2 rings (SSSR count). The molecule has 1 aliphatic heterocycles. The quantitative estimate of drug-likeness (QED) is 0.859. The largest absolute Gasteiger partial charge is 0.297 e. The Kier molecular flexibility index (Phi) is 4.06. The number of hydrazone groups is 1. The molecule has 20 heavy (non-hydrogen) atoms. The summed E-state index contributed by atoms with van der Waals surface area (Å²) < 4.78 is 31.7. The van der Waals surface area contributed by atoms with Crippen LogP contribution in [-0.2, 0) is 14.9 Å². The summed E-state index contributed by atoms with van der Waals surface area (Å²) in [5.74, 6) is -0.327. The fraction of sp³-hybridized carbons (Fsp3) is 0.273. The first-order valence-electron chi connectivity index (χ1n) is 5.60. The van der Waals surface area contributed by atoms with Crippen molar-refractivity contribution in [2.45, 2.75) is 24.7 Å². The highest BCUT2D eigenvalue weighted by molar-refractivity contribution is 7.86. The topological polar surface area (TPSA) is 87.0 Å². The van der Waals surface area contributed by atoms with Crippen molar-refractivity contribution < 1.29 is 17.8 Å². The number of amides is 1. The van der Waals surface area contributed by atoms with E-state index >= 15 is 0 Å². The van der Waals surface area contributed by atoms with Crippen LogP contribution < -0.4 is 5.01 Å². The predicted octanol–water partition coefficient (Wildman–Crippen LogP) is 2.74. The SMILES string of the molecule is CCC1=NN(c2ccc(Cl)c(S(=O)(=O)O)c2Cl)C(=O)C1. The molecular formula is C11H10Cl2N2O4S. The second-order valence-corrected chi connectivity index (χ2v) is 6.23. The first-order valence-corrected chi connectivity index (χ1v) is 7.80. The molecule has 0 unspecified atom stereocenters. The zero-order valence-electron chi connectivity index (χ0n) is 10.3. The maximum absolute atomic E-state index is 11.8. The van der Waals surface area contributed by atoms with Crippen molar-refractivity contribution >= 4 is 50.6 Å². The molecule has 0 aliphatic carbocycles. The van der Waals surface area contributed by atoms with Gasteiger partial charge < -0.3 is 0 Å². The molecule has 1 aromatic carbocycles. The molecule has 0 saturated carbocycles. The third-order valence-corrected chi connectivity index (χ3v) is 4.62. The molecule has 0 aromatic heterocycles. The van der Waals surface area contributed by atoms with E-state index in [4.69, 9.17) is 27.8 Å².